The number of fused-ring (bicyclic) bond motifs is 3. The Morgan fingerprint density at radius 2 is 2.00 bits per heavy atom. The highest BCUT2D eigenvalue weighted by Gasteiger charge is 2.45. The van der Waals surface area contributed by atoms with Gasteiger partial charge in [0.2, 0.25) is 0 Å². The second-order valence-electron chi connectivity index (χ2n) is 5.17. The Morgan fingerprint density at radius 3 is 2.65 bits per heavy atom. The van der Waals surface area contributed by atoms with E-state index in [0.717, 1.165) is 17.2 Å². The first-order valence-electron chi connectivity index (χ1n) is 6.17. The Hall–Kier alpha value is -1.49. The molecule has 1 aromatic heterocycles. The molecule has 2 nitrogen and oxygen atoms in total. The largest absolute Gasteiger partial charge is 0.416 e. The van der Waals surface area contributed by atoms with Crippen molar-refractivity contribution >= 4 is 17.4 Å². The van der Waals surface area contributed by atoms with Crippen molar-refractivity contribution in [1.82, 2.24) is 4.98 Å². The Kier molecular flexibility index (Phi) is 2.87. The number of rotatable bonds is 0. The molecule has 0 aromatic carbocycles. The monoisotopic (exact) mass is 300 g/mol. The summed E-state index contributed by atoms with van der Waals surface area (Å²) in [6, 6.07) is 1.44. The summed E-state index contributed by atoms with van der Waals surface area (Å²) < 4.78 is 39.0. The highest BCUT2D eigenvalue weighted by Crippen LogP contribution is 2.49. The summed E-state index contributed by atoms with van der Waals surface area (Å²) in [5.74, 6) is 0.324. The molecule has 0 spiro atoms. The molecule has 0 saturated carbocycles. The molecular formula is C14H12ClF3N2. The van der Waals surface area contributed by atoms with E-state index in [2.05, 4.69) is 10.3 Å². The molecular weight excluding hydrogens is 289 g/mol. The minimum absolute atomic E-state index is 0.201. The lowest BCUT2D eigenvalue weighted by Crippen LogP contribution is -2.29. The smallest absolute Gasteiger partial charge is 0.362 e. The zero-order valence-electron chi connectivity index (χ0n) is 10.8. The van der Waals surface area contributed by atoms with Crippen molar-refractivity contribution in [3.63, 3.8) is 0 Å². The summed E-state index contributed by atoms with van der Waals surface area (Å²) in [7, 11) is 0. The summed E-state index contributed by atoms with van der Waals surface area (Å²) in [6.07, 6.45) is -1.67. The molecule has 6 heteroatoms. The van der Waals surface area contributed by atoms with Crippen molar-refractivity contribution < 1.29 is 13.2 Å². The van der Waals surface area contributed by atoms with Gasteiger partial charge in [-0.3, -0.25) is 0 Å². The first kappa shape index (κ1) is 13.5. The standard InChI is InChI=1S/C14H12ClF3N2/c1-6-3-8-11-10(15)4-9(14(16,17)18)7(2)12(11)20-13(8)19-5-6/h3-5,11-12H,1-2H3,(H,19,20). The summed E-state index contributed by atoms with van der Waals surface area (Å²) in [5.41, 5.74) is 1.40. The summed E-state index contributed by atoms with van der Waals surface area (Å²) in [4.78, 5) is 4.24. The molecule has 2 aliphatic rings. The van der Waals surface area contributed by atoms with Crippen LogP contribution in [0.1, 0.15) is 24.0 Å². The fourth-order valence-corrected chi connectivity index (χ4v) is 3.19. The van der Waals surface area contributed by atoms with Crippen LogP contribution >= 0.6 is 11.6 Å². The molecule has 0 fully saturated rings. The number of nitrogens with zero attached hydrogens (tertiary/aromatic N) is 1. The van der Waals surface area contributed by atoms with Gasteiger partial charge in [0.25, 0.3) is 0 Å². The molecule has 1 aliphatic heterocycles. The zero-order chi connectivity index (χ0) is 14.7. The number of alkyl halides is 3. The van der Waals surface area contributed by atoms with Crippen molar-refractivity contribution in [3.05, 3.63) is 45.6 Å². The van der Waals surface area contributed by atoms with Crippen molar-refractivity contribution in [2.75, 3.05) is 5.32 Å². The summed E-state index contributed by atoms with van der Waals surface area (Å²) in [5, 5.41) is 3.25. The van der Waals surface area contributed by atoms with Gasteiger partial charge in [0.1, 0.15) is 5.82 Å². The fraction of sp³-hybridized carbons (Fsp3) is 0.357. The third-order valence-corrected chi connectivity index (χ3v) is 4.13. The van der Waals surface area contributed by atoms with Crippen LogP contribution in [0.25, 0.3) is 0 Å². The number of hydrogen-bond acceptors (Lipinski definition) is 2. The van der Waals surface area contributed by atoms with E-state index in [1.54, 1.807) is 6.20 Å². The molecule has 2 unspecified atom stereocenters. The number of allylic oxidation sites excluding steroid dienone is 2. The number of halogens is 4. The maximum atomic E-state index is 13.0. The molecule has 3 rings (SSSR count). The van der Waals surface area contributed by atoms with Gasteiger partial charge in [0, 0.05) is 22.7 Å². The first-order chi connectivity index (χ1) is 9.29. The molecule has 0 amide bonds. The molecule has 1 N–H and O–H groups in total. The maximum absolute atomic E-state index is 13.0. The molecule has 2 atom stereocenters. The molecule has 1 aromatic rings. The average Bonchev–Trinajstić information content (AvgIpc) is 2.71. The maximum Gasteiger partial charge on any atom is 0.416 e. The number of aryl methyl sites for hydroxylation is 1. The van der Waals surface area contributed by atoms with Crippen LogP contribution in [-0.2, 0) is 0 Å². The Bertz CT molecular complexity index is 646. The van der Waals surface area contributed by atoms with E-state index in [-0.39, 0.29) is 16.5 Å². The minimum atomic E-state index is -4.39. The quantitative estimate of drug-likeness (QED) is 0.773. The van der Waals surface area contributed by atoms with Gasteiger partial charge in [-0.15, -0.1) is 0 Å². The molecule has 0 saturated heterocycles. The van der Waals surface area contributed by atoms with Crippen LogP contribution in [0.3, 0.4) is 0 Å². The van der Waals surface area contributed by atoms with E-state index in [9.17, 15) is 13.2 Å². The van der Waals surface area contributed by atoms with Gasteiger partial charge in [-0.05, 0) is 31.1 Å². The molecule has 0 radical (unpaired) electrons. The highest BCUT2D eigenvalue weighted by molar-refractivity contribution is 6.31. The predicted molar refractivity (Wildman–Crippen MR) is 71.8 cm³/mol. The van der Waals surface area contributed by atoms with E-state index < -0.39 is 17.8 Å². The SMILES string of the molecule is CC1=C(C(F)(F)F)C=C(Cl)C2c3cc(C)cnc3NC12. The Morgan fingerprint density at radius 1 is 1.30 bits per heavy atom. The van der Waals surface area contributed by atoms with Crippen LogP contribution < -0.4 is 5.32 Å². The highest BCUT2D eigenvalue weighted by atomic mass is 35.5. The number of pyridine rings is 1. The van der Waals surface area contributed by atoms with Gasteiger partial charge >= 0.3 is 6.18 Å². The van der Waals surface area contributed by atoms with Crippen molar-refractivity contribution in [2.45, 2.75) is 32.0 Å². The number of nitrogens with one attached hydrogen (secondary N) is 1. The predicted octanol–water partition coefficient (Wildman–Crippen LogP) is 4.28. The van der Waals surface area contributed by atoms with Gasteiger partial charge in [0.05, 0.1) is 11.6 Å². The van der Waals surface area contributed by atoms with Gasteiger partial charge in [-0.1, -0.05) is 17.7 Å². The first-order valence-corrected chi connectivity index (χ1v) is 6.55. The third-order valence-electron chi connectivity index (χ3n) is 3.79. The molecule has 0 bridgehead atoms. The van der Waals surface area contributed by atoms with Crippen LogP contribution in [0.5, 0.6) is 0 Å². The van der Waals surface area contributed by atoms with E-state index in [1.807, 2.05) is 13.0 Å². The Balaban J connectivity index is 2.12. The van der Waals surface area contributed by atoms with Gasteiger partial charge in [-0.25, -0.2) is 4.98 Å². The van der Waals surface area contributed by atoms with Crippen LogP contribution in [-0.4, -0.2) is 17.2 Å². The zero-order valence-corrected chi connectivity index (χ0v) is 11.6. The summed E-state index contributed by atoms with van der Waals surface area (Å²) in [6.45, 7) is 3.39. The third kappa shape index (κ3) is 1.92. The fourth-order valence-electron chi connectivity index (χ4n) is 2.84. The van der Waals surface area contributed by atoms with Crippen LogP contribution in [0, 0.1) is 6.92 Å². The molecule has 2 heterocycles. The topological polar surface area (TPSA) is 24.9 Å². The van der Waals surface area contributed by atoms with Crippen LogP contribution in [0.4, 0.5) is 19.0 Å². The van der Waals surface area contributed by atoms with Gasteiger partial charge < -0.3 is 5.32 Å². The van der Waals surface area contributed by atoms with Gasteiger partial charge in [-0.2, -0.15) is 13.2 Å². The number of aromatic nitrogens is 1. The van der Waals surface area contributed by atoms with Crippen molar-refractivity contribution in [2.24, 2.45) is 0 Å². The second-order valence-corrected chi connectivity index (χ2v) is 5.61. The van der Waals surface area contributed by atoms with E-state index in [1.165, 1.54) is 6.92 Å². The lowest BCUT2D eigenvalue weighted by atomic mass is 9.83. The molecule has 106 valence electrons. The summed E-state index contributed by atoms with van der Waals surface area (Å²) >= 11 is 6.12. The Labute approximate surface area is 119 Å². The van der Waals surface area contributed by atoms with Crippen molar-refractivity contribution in [1.29, 1.82) is 0 Å². The molecule has 1 aliphatic carbocycles. The minimum Gasteiger partial charge on any atom is -0.362 e. The van der Waals surface area contributed by atoms with Crippen LogP contribution in [0.2, 0.25) is 0 Å². The lowest BCUT2D eigenvalue weighted by molar-refractivity contribution is -0.0894. The van der Waals surface area contributed by atoms with Crippen LogP contribution in [0.15, 0.2) is 34.5 Å². The molecule has 20 heavy (non-hydrogen) atoms. The normalized spacial score (nSPS) is 25.0. The van der Waals surface area contributed by atoms with Gasteiger partial charge in [0.15, 0.2) is 0 Å². The number of hydrogen-bond donors (Lipinski definition) is 1. The van der Waals surface area contributed by atoms with E-state index in [0.29, 0.717) is 5.82 Å². The van der Waals surface area contributed by atoms with E-state index in [4.69, 9.17) is 11.6 Å². The second kappa shape index (κ2) is 4.25. The number of anilines is 1. The van der Waals surface area contributed by atoms with Crippen molar-refractivity contribution in [3.8, 4) is 0 Å². The average molecular weight is 301 g/mol. The lowest BCUT2D eigenvalue weighted by Gasteiger charge is -2.28. The van der Waals surface area contributed by atoms with E-state index >= 15 is 0 Å².